The summed E-state index contributed by atoms with van der Waals surface area (Å²) in [6.07, 6.45) is -0.843. The van der Waals surface area contributed by atoms with E-state index in [2.05, 4.69) is 27.5 Å². The molecule has 0 saturated heterocycles. The summed E-state index contributed by atoms with van der Waals surface area (Å²) in [7, 11) is 1.20. The molecule has 0 saturated carbocycles. The van der Waals surface area contributed by atoms with E-state index in [1.807, 2.05) is 36.4 Å². The minimum Gasteiger partial charge on any atom is -0.480 e. The van der Waals surface area contributed by atoms with Crippen molar-refractivity contribution < 1.29 is 38.5 Å². The van der Waals surface area contributed by atoms with Gasteiger partial charge in [-0.3, -0.25) is 9.59 Å². The molecule has 0 spiro atoms. The number of benzene rings is 2. The lowest BCUT2D eigenvalue weighted by Crippen LogP contribution is -2.43. The highest BCUT2D eigenvalue weighted by Gasteiger charge is 2.29. The fourth-order valence-corrected chi connectivity index (χ4v) is 3.90. The molecule has 0 heterocycles. The number of hydrogen-bond acceptors (Lipinski definition) is 7. The fraction of sp³-hybridized carbons (Fsp3) is 0.360. The summed E-state index contributed by atoms with van der Waals surface area (Å²) in [5, 5.41) is 14.0. The van der Waals surface area contributed by atoms with E-state index in [1.165, 1.54) is 7.11 Å². The average molecular weight is 485 g/mol. The molecule has 0 fully saturated rings. The van der Waals surface area contributed by atoms with Crippen molar-refractivity contribution >= 4 is 23.9 Å². The molecule has 35 heavy (non-hydrogen) atoms. The Labute approximate surface area is 202 Å². The van der Waals surface area contributed by atoms with Gasteiger partial charge in [-0.05, 0) is 28.7 Å². The first-order valence-electron chi connectivity index (χ1n) is 11.2. The van der Waals surface area contributed by atoms with Gasteiger partial charge in [-0.25, -0.2) is 9.59 Å². The first-order valence-corrected chi connectivity index (χ1v) is 11.2. The van der Waals surface area contributed by atoms with E-state index in [0.717, 1.165) is 22.3 Å². The Bertz CT molecular complexity index is 1030. The van der Waals surface area contributed by atoms with Gasteiger partial charge in [0.25, 0.3) is 0 Å². The summed E-state index contributed by atoms with van der Waals surface area (Å²) >= 11 is 0. The molecule has 1 aliphatic carbocycles. The second kappa shape index (κ2) is 12.5. The number of carbonyl (C=O) groups is 4. The van der Waals surface area contributed by atoms with Gasteiger partial charge in [0.05, 0.1) is 13.7 Å². The third-order valence-electron chi connectivity index (χ3n) is 5.59. The summed E-state index contributed by atoms with van der Waals surface area (Å²) < 4.78 is 15.1. The Hall–Kier alpha value is -3.92. The molecule has 0 aliphatic heterocycles. The average Bonchev–Trinajstić information content (AvgIpc) is 3.18. The third kappa shape index (κ3) is 7.03. The lowest BCUT2D eigenvalue weighted by molar-refractivity contribution is -0.144. The van der Waals surface area contributed by atoms with Crippen LogP contribution in [0.5, 0.6) is 0 Å². The van der Waals surface area contributed by atoms with Crippen LogP contribution in [0, 0.1) is 0 Å². The molecule has 2 aromatic carbocycles. The number of nitrogens with one attached hydrogen (secondary N) is 2. The van der Waals surface area contributed by atoms with Gasteiger partial charge in [0.1, 0.15) is 19.3 Å². The van der Waals surface area contributed by atoms with E-state index in [4.69, 9.17) is 14.6 Å². The Kier molecular flexibility index (Phi) is 9.19. The number of rotatable bonds is 12. The molecule has 3 rings (SSSR count). The first-order chi connectivity index (χ1) is 16.9. The van der Waals surface area contributed by atoms with Crippen molar-refractivity contribution in [2.75, 3.05) is 33.5 Å². The van der Waals surface area contributed by atoms with Gasteiger partial charge in [-0.2, -0.15) is 0 Å². The number of methoxy groups -OCH3 is 1. The van der Waals surface area contributed by atoms with Crippen molar-refractivity contribution in [3.63, 3.8) is 0 Å². The molecule has 186 valence electrons. The van der Waals surface area contributed by atoms with Crippen LogP contribution >= 0.6 is 0 Å². The van der Waals surface area contributed by atoms with E-state index in [1.54, 1.807) is 0 Å². The van der Waals surface area contributed by atoms with Crippen LogP contribution in [0.4, 0.5) is 4.79 Å². The van der Waals surface area contributed by atoms with Gasteiger partial charge >= 0.3 is 18.0 Å². The van der Waals surface area contributed by atoms with Gasteiger partial charge in [-0.15, -0.1) is 0 Å². The zero-order valence-corrected chi connectivity index (χ0v) is 19.3. The molecule has 0 aromatic heterocycles. The largest absolute Gasteiger partial charge is 0.480 e. The van der Waals surface area contributed by atoms with Crippen LogP contribution in [0.1, 0.15) is 29.9 Å². The van der Waals surface area contributed by atoms with Crippen LogP contribution < -0.4 is 10.6 Å². The molecule has 2 aromatic rings. The highest BCUT2D eigenvalue weighted by Crippen LogP contribution is 2.44. The highest BCUT2D eigenvalue weighted by molar-refractivity contribution is 5.84. The van der Waals surface area contributed by atoms with Crippen LogP contribution in [0.25, 0.3) is 11.1 Å². The Morgan fingerprint density at radius 1 is 1.00 bits per heavy atom. The van der Waals surface area contributed by atoms with Gasteiger partial charge in [0.2, 0.25) is 5.91 Å². The van der Waals surface area contributed by atoms with Crippen molar-refractivity contribution in [2.45, 2.75) is 24.8 Å². The summed E-state index contributed by atoms with van der Waals surface area (Å²) in [6, 6.07) is 14.8. The number of esters is 1. The van der Waals surface area contributed by atoms with Crippen LogP contribution in [0.3, 0.4) is 0 Å². The van der Waals surface area contributed by atoms with Crippen LogP contribution in [-0.4, -0.2) is 68.6 Å². The number of fused-ring (bicyclic) bond motifs is 3. The zero-order chi connectivity index (χ0) is 25.2. The summed E-state index contributed by atoms with van der Waals surface area (Å²) in [4.78, 5) is 46.4. The fourth-order valence-electron chi connectivity index (χ4n) is 3.90. The molecule has 0 bridgehead atoms. The van der Waals surface area contributed by atoms with E-state index in [0.29, 0.717) is 0 Å². The molecular weight excluding hydrogens is 456 g/mol. The number of aliphatic carboxylic acids is 1. The Morgan fingerprint density at radius 3 is 2.23 bits per heavy atom. The van der Waals surface area contributed by atoms with Gasteiger partial charge in [0.15, 0.2) is 0 Å². The van der Waals surface area contributed by atoms with E-state index < -0.39 is 36.6 Å². The lowest BCUT2D eigenvalue weighted by atomic mass is 9.98. The second-order valence-electron chi connectivity index (χ2n) is 7.88. The summed E-state index contributed by atoms with van der Waals surface area (Å²) in [6.45, 7) is -0.0776. The number of alkyl carbamates (subject to hydrolysis) is 1. The summed E-state index contributed by atoms with van der Waals surface area (Å²) in [5.41, 5.74) is 4.50. The number of ether oxygens (including phenoxy) is 3. The van der Waals surface area contributed by atoms with Gasteiger partial charge in [0, 0.05) is 18.9 Å². The van der Waals surface area contributed by atoms with Gasteiger partial charge in [-0.1, -0.05) is 48.5 Å². The standard InChI is InChI=1S/C25H28N2O8/c1-33-23(29)11-10-21(24(30)31)27-22(28)15-34-13-12-26-25(32)35-14-20-18-8-4-2-6-16(18)17-7-3-5-9-19(17)20/h2-9,20-21H,10-15H2,1H3,(H,26,32)(H,27,28)(H,30,31). The highest BCUT2D eigenvalue weighted by atomic mass is 16.5. The molecule has 3 N–H and O–H groups in total. The van der Waals surface area contributed by atoms with Crippen molar-refractivity contribution in [2.24, 2.45) is 0 Å². The number of carbonyl (C=O) groups excluding carboxylic acids is 3. The minimum atomic E-state index is -1.26. The van der Waals surface area contributed by atoms with Crippen molar-refractivity contribution in [3.05, 3.63) is 59.7 Å². The van der Waals surface area contributed by atoms with Crippen LogP contribution in [-0.2, 0) is 28.6 Å². The topological polar surface area (TPSA) is 140 Å². The predicted octanol–water partition coefficient (Wildman–Crippen LogP) is 2.06. The lowest BCUT2D eigenvalue weighted by Gasteiger charge is -2.15. The van der Waals surface area contributed by atoms with E-state index in [9.17, 15) is 19.2 Å². The molecule has 1 unspecified atom stereocenters. The number of carboxylic acids is 1. The SMILES string of the molecule is COC(=O)CCC(NC(=O)COCCNC(=O)OCC1c2ccccc2-c2ccccc21)C(=O)O. The maximum atomic E-state index is 12.1. The zero-order valence-electron chi connectivity index (χ0n) is 19.3. The maximum absolute atomic E-state index is 12.1. The Balaban J connectivity index is 1.35. The van der Waals surface area contributed by atoms with Crippen molar-refractivity contribution in [1.29, 1.82) is 0 Å². The smallest absolute Gasteiger partial charge is 0.407 e. The molecular formula is C25H28N2O8. The monoisotopic (exact) mass is 484 g/mol. The van der Waals surface area contributed by atoms with Crippen molar-refractivity contribution in [3.8, 4) is 11.1 Å². The molecule has 1 atom stereocenters. The van der Waals surface area contributed by atoms with Crippen molar-refractivity contribution in [1.82, 2.24) is 10.6 Å². The van der Waals surface area contributed by atoms with Crippen LogP contribution in [0.15, 0.2) is 48.5 Å². The molecule has 10 heteroatoms. The quantitative estimate of drug-likeness (QED) is 0.307. The molecule has 2 amide bonds. The maximum Gasteiger partial charge on any atom is 0.407 e. The summed E-state index contributed by atoms with van der Waals surface area (Å²) in [5.74, 6) is -2.53. The number of hydrogen-bond donors (Lipinski definition) is 3. The van der Waals surface area contributed by atoms with Gasteiger partial charge < -0.3 is 30.0 Å². The predicted molar refractivity (Wildman–Crippen MR) is 125 cm³/mol. The molecule has 10 nitrogen and oxygen atoms in total. The van der Waals surface area contributed by atoms with E-state index in [-0.39, 0.29) is 38.5 Å². The number of amides is 2. The molecule has 1 aliphatic rings. The van der Waals surface area contributed by atoms with Crippen LogP contribution in [0.2, 0.25) is 0 Å². The first kappa shape index (κ1) is 25.7. The Morgan fingerprint density at radius 2 is 1.63 bits per heavy atom. The third-order valence-corrected chi connectivity index (χ3v) is 5.59. The number of carboxylic acid groups (broad SMARTS) is 1. The molecule has 0 radical (unpaired) electrons. The normalized spacial score (nSPS) is 12.7. The second-order valence-corrected chi connectivity index (χ2v) is 7.88. The van der Waals surface area contributed by atoms with E-state index >= 15 is 0 Å². The minimum absolute atomic E-state index is 0.0253.